The number of nitrogens with one attached hydrogen (secondary N) is 2. The van der Waals surface area contributed by atoms with Crippen molar-refractivity contribution >= 4 is 11.6 Å². The van der Waals surface area contributed by atoms with E-state index in [0.29, 0.717) is 12.4 Å². The van der Waals surface area contributed by atoms with Crippen molar-refractivity contribution in [1.29, 1.82) is 0 Å². The third kappa shape index (κ3) is 3.57. The van der Waals surface area contributed by atoms with Crippen LogP contribution in [0.3, 0.4) is 0 Å². The number of rotatable bonds is 4. The molecule has 14 heavy (non-hydrogen) atoms. The highest BCUT2D eigenvalue weighted by atomic mass is 16.3. The summed E-state index contributed by atoms with van der Waals surface area (Å²) < 4.78 is 0. The maximum atomic E-state index is 9.48. The Morgan fingerprint density at radius 1 is 1.36 bits per heavy atom. The fourth-order valence-corrected chi connectivity index (χ4v) is 0.898. The molecule has 5 heteroatoms. The predicted octanol–water partition coefficient (Wildman–Crippen LogP) is 0.701. The molecule has 1 rings (SSSR count). The molecular formula is C9H16N4O. The minimum Gasteiger partial charge on any atom is -0.389 e. The van der Waals surface area contributed by atoms with Crippen LogP contribution in [0, 0.1) is 0 Å². The Hall–Kier alpha value is -1.36. The van der Waals surface area contributed by atoms with Gasteiger partial charge in [0.1, 0.15) is 18.0 Å². The van der Waals surface area contributed by atoms with Crippen LogP contribution in [-0.2, 0) is 0 Å². The molecule has 0 radical (unpaired) electrons. The second-order valence-electron chi connectivity index (χ2n) is 3.70. The molecule has 0 unspecified atom stereocenters. The predicted molar refractivity (Wildman–Crippen MR) is 56.4 cm³/mol. The highest BCUT2D eigenvalue weighted by molar-refractivity contribution is 5.45. The van der Waals surface area contributed by atoms with E-state index < -0.39 is 5.60 Å². The fourth-order valence-electron chi connectivity index (χ4n) is 0.898. The van der Waals surface area contributed by atoms with Crippen molar-refractivity contribution in [3.63, 3.8) is 0 Å². The van der Waals surface area contributed by atoms with Gasteiger partial charge in [-0.25, -0.2) is 9.97 Å². The number of anilines is 2. The average Bonchev–Trinajstić information content (AvgIpc) is 2.14. The molecule has 0 saturated heterocycles. The lowest BCUT2D eigenvalue weighted by atomic mass is 10.1. The van der Waals surface area contributed by atoms with E-state index in [0.717, 1.165) is 5.82 Å². The summed E-state index contributed by atoms with van der Waals surface area (Å²) >= 11 is 0. The highest BCUT2D eigenvalue weighted by Gasteiger charge is 2.11. The number of aliphatic hydroxyl groups is 1. The summed E-state index contributed by atoms with van der Waals surface area (Å²) in [7, 11) is 1.79. The van der Waals surface area contributed by atoms with Crippen molar-refractivity contribution < 1.29 is 5.11 Å². The van der Waals surface area contributed by atoms with E-state index in [2.05, 4.69) is 20.6 Å². The van der Waals surface area contributed by atoms with Gasteiger partial charge in [-0.1, -0.05) is 0 Å². The Kier molecular flexibility index (Phi) is 3.24. The Morgan fingerprint density at radius 2 is 2.00 bits per heavy atom. The number of hydrogen-bond acceptors (Lipinski definition) is 5. The van der Waals surface area contributed by atoms with Gasteiger partial charge in [0.05, 0.1) is 5.60 Å². The van der Waals surface area contributed by atoms with Gasteiger partial charge in [-0.3, -0.25) is 0 Å². The zero-order valence-corrected chi connectivity index (χ0v) is 8.70. The smallest absolute Gasteiger partial charge is 0.131 e. The van der Waals surface area contributed by atoms with E-state index in [1.54, 1.807) is 27.0 Å². The molecule has 0 aromatic carbocycles. The van der Waals surface area contributed by atoms with Gasteiger partial charge in [0.25, 0.3) is 0 Å². The van der Waals surface area contributed by atoms with Crippen LogP contribution in [-0.4, -0.2) is 34.3 Å². The summed E-state index contributed by atoms with van der Waals surface area (Å²) in [5.74, 6) is 1.45. The Morgan fingerprint density at radius 3 is 2.57 bits per heavy atom. The SMILES string of the molecule is CNc1cc(NCC(C)(C)O)ncn1. The molecule has 0 amide bonds. The lowest BCUT2D eigenvalue weighted by Gasteiger charge is -2.17. The van der Waals surface area contributed by atoms with Crippen molar-refractivity contribution in [2.24, 2.45) is 0 Å². The molecule has 5 nitrogen and oxygen atoms in total. The first kappa shape index (κ1) is 10.7. The maximum Gasteiger partial charge on any atom is 0.131 e. The molecule has 1 heterocycles. The minimum atomic E-state index is -0.745. The lowest BCUT2D eigenvalue weighted by Crippen LogP contribution is -2.29. The van der Waals surface area contributed by atoms with Crippen LogP contribution >= 0.6 is 0 Å². The standard InChI is InChI=1S/C9H16N4O/c1-9(2,14)5-11-8-4-7(10-3)12-6-13-8/h4,6,14H,5H2,1-3H3,(H2,10,11,12,13). The normalized spacial score (nSPS) is 11.1. The molecule has 0 bridgehead atoms. The zero-order chi connectivity index (χ0) is 10.6. The molecule has 0 aliphatic carbocycles. The van der Waals surface area contributed by atoms with Crippen LogP contribution in [0.25, 0.3) is 0 Å². The Labute approximate surface area is 83.6 Å². The first-order chi connectivity index (χ1) is 6.51. The van der Waals surface area contributed by atoms with E-state index in [4.69, 9.17) is 0 Å². The molecular weight excluding hydrogens is 180 g/mol. The third-order valence-corrected chi connectivity index (χ3v) is 1.63. The Balaban J connectivity index is 2.59. The van der Waals surface area contributed by atoms with Gasteiger partial charge in [0, 0.05) is 19.7 Å². The van der Waals surface area contributed by atoms with Crippen LogP contribution in [0.5, 0.6) is 0 Å². The summed E-state index contributed by atoms with van der Waals surface area (Å²) in [4.78, 5) is 7.99. The van der Waals surface area contributed by atoms with Gasteiger partial charge in [-0.15, -0.1) is 0 Å². The molecule has 0 spiro atoms. The topological polar surface area (TPSA) is 70.1 Å². The summed E-state index contributed by atoms with van der Waals surface area (Å²) in [6.45, 7) is 3.92. The van der Waals surface area contributed by atoms with E-state index in [1.165, 1.54) is 6.33 Å². The molecule has 0 atom stereocenters. The summed E-state index contributed by atoms with van der Waals surface area (Å²) in [6.07, 6.45) is 1.47. The summed E-state index contributed by atoms with van der Waals surface area (Å²) in [5.41, 5.74) is -0.745. The van der Waals surface area contributed by atoms with Crippen molar-refractivity contribution in [1.82, 2.24) is 9.97 Å². The monoisotopic (exact) mass is 196 g/mol. The molecule has 0 aliphatic rings. The van der Waals surface area contributed by atoms with Gasteiger partial charge >= 0.3 is 0 Å². The molecule has 0 fully saturated rings. The van der Waals surface area contributed by atoms with Crippen molar-refractivity contribution in [2.75, 3.05) is 24.2 Å². The average molecular weight is 196 g/mol. The van der Waals surface area contributed by atoms with Crippen LogP contribution in [0.2, 0.25) is 0 Å². The van der Waals surface area contributed by atoms with Gasteiger partial charge < -0.3 is 15.7 Å². The van der Waals surface area contributed by atoms with Crippen LogP contribution in [0.15, 0.2) is 12.4 Å². The molecule has 1 aromatic rings. The van der Waals surface area contributed by atoms with Crippen molar-refractivity contribution in [2.45, 2.75) is 19.4 Å². The van der Waals surface area contributed by atoms with Crippen molar-refractivity contribution in [3.8, 4) is 0 Å². The zero-order valence-electron chi connectivity index (χ0n) is 8.70. The molecule has 3 N–H and O–H groups in total. The fraction of sp³-hybridized carbons (Fsp3) is 0.556. The molecule has 0 aliphatic heterocycles. The van der Waals surface area contributed by atoms with E-state index in [9.17, 15) is 5.11 Å². The minimum absolute atomic E-state index is 0.452. The van der Waals surface area contributed by atoms with Crippen molar-refractivity contribution in [3.05, 3.63) is 12.4 Å². The van der Waals surface area contributed by atoms with E-state index >= 15 is 0 Å². The first-order valence-electron chi connectivity index (χ1n) is 4.47. The second kappa shape index (κ2) is 4.23. The molecule has 78 valence electrons. The quantitative estimate of drug-likeness (QED) is 0.661. The second-order valence-corrected chi connectivity index (χ2v) is 3.70. The largest absolute Gasteiger partial charge is 0.389 e. The Bertz CT molecular complexity index is 295. The molecule has 1 aromatic heterocycles. The van der Waals surface area contributed by atoms with E-state index in [-0.39, 0.29) is 0 Å². The van der Waals surface area contributed by atoms with Gasteiger partial charge in [-0.05, 0) is 13.8 Å². The van der Waals surface area contributed by atoms with Crippen LogP contribution in [0.4, 0.5) is 11.6 Å². The number of hydrogen-bond donors (Lipinski definition) is 3. The van der Waals surface area contributed by atoms with Crippen LogP contribution in [0.1, 0.15) is 13.8 Å². The number of aromatic nitrogens is 2. The van der Waals surface area contributed by atoms with Gasteiger partial charge in [0.2, 0.25) is 0 Å². The van der Waals surface area contributed by atoms with Gasteiger partial charge in [-0.2, -0.15) is 0 Å². The van der Waals surface area contributed by atoms with E-state index in [1.807, 2.05) is 0 Å². The molecule has 0 saturated carbocycles. The lowest BCUT2D eigenvalue weighted by molar-refractivity contribution is 0.0944. The third-order valence-electron chi connectivity index (χ3n) is 1.63. The first-order valence-corrected chi connectivity index (χ1v) is 4.47. The maximum absolute atomic E-state index is 9.48. The summed E-state index contributed by atoms with van der Waals surface area (Å²) in [5, 5.41) is 15.4. The van der Waals surface area contributed by atoms with Gasteiger partial charge in [0.15, 0.2) is 0 Å². The number of nitrogens with zero attached hydrogens (tertiary/aromatic N) is 2. The van der Waals surface area contributed by atoms with Crippen LogP contribution < -0.4 is 10.6 Å². The highest BCUT2D eigenvalue weighted by Crippen LogP contribution is 2.09. The summed E-state index contributed by atoms with van der Waals surface area (Å²) in [6, 6.07) is 1.78.